The average Bonchev–Trinajstić information content (AvgIpc) is 2.30. The molecule has 0 heterocycles. The predicted octanol–water partition coefficient (Wildman–Crippen LogP) is 2.97. The summed E-state index contributed by atoms with van der Waals surface area (Å²) < 4.78 is 5.57. The number of benzene rings is 1. The third-order valence-electron chi connectivity index (χ3n) is 2.35. The number of hydrogen-bond donors (Lipinski definition) is 1. The van der Waals surface area contributed by atoms with Gasteiger partial charge in [0.05, 0.1) is 6.61 Å². The minimum absolute atomic E-state index is 0.769. The Bertz CT molecular complexity index is 291. The molecule has 1 rings (SSSR count). The van der Waals surface area contributed by atoms with Crippen LogP contribution in [0, 0.1) is 0 Å². The maximum absolute atomic E-state index is 5.84. The quantitative estimate of drug-likeness (QED) is 0.559. The monoisotopic (exact) mass is 239 g/mol. The van der Waals surface area contributed by atoms with Crippen LogP contribution in [-0.4, -0.2) is 24.7 Å². The molecule has 0 bridgehead atoms. The highest BCUT2D eigenvalue weighted by Gasteiger charge is 1.97. The van der Waals surface area contributed by atoms with Crippen molar-refractivity contribution in [2.75, 3.05) is 30.5 Å². The van der Waals surface area contributed by atoms with Crippen molar-refractivity contribution in [2.24, 2.45) is 0 Å². The second-order valence-electron chi connectivity index (χ2n) is 3.61. The number of nitrogens with two attached hydrogens (primary N) is 1. The van der Waals surface area contributed by atoms with Gasteiger partial charge in [-0.3, -0.25) is 0 Å². The van der Waals surface area contributed by atoms with Crippen LogP contribution in [-0.2, 0) is 11.2 Å². The topological polar surface area (TPSA) is 35.2 Å². The van der Waals surface area contributed by atoms with E-state index < -0.39 is 0 Å². The first-order chi connectivity index (χ1) is 7.84. The van der Waals surface area contributed by atoms with Crippen LogP contribution in [0.25, 0.3) is 0 Å². The summed E-state index contributed by atoms with van der Waals surface area (Å²) in [5.74, 6) is 2.39. The molecule has 0 aliphatic rings. The molecule has 16 heavy (non-hydrogen) atoms. The van der Waals surface area contributed by atoms with Gasteiger partial charge in [-0.05, 0) is 36.0 Å². The van der Waals surface area contributed by atoms with E-state index in [4.69, 9.17) is 10.5 Å². The molecule has 2 nitrogen and oxygen atoms in total. The number of nitrogen functional groups attached to an aromatic ring is 1. The third-order valence-corrected chi connectivity index (χ3v) is 3.34. The molecule has 1 aromatic carbocycles. The van der Waals surface area contributed by atoms with Gasteiger partial charge in [-0.15, -0.1) is 0 Å². The average molecular weight is 239 g/mol. The summed E-state index contributed by atoms with van der Waals surface area (Å²) in [6.45, 7) is 3.81. The zero-order valence-electron chi connectivity index (χ0n) is 9.95. The van der Waals surface area contributed by atoms with Gasteiger partial charge in [0.1, 0.15) is 0 Å². The Morgan fingerprint density at radius 2 is 2.06 bits per heavy atom. The number of thioether (sulfide) groups is 1. The molecular formula is C13H21NOS. The lowest BCUT2D eigenvalue weighted by Crippen LogP contribution is -2.03. The zero-order valence-corrected chi connectivity index (χ0v) is 10.8. The summed E-state index contributed by atoms with van der Waals surface area (Å²) in [6.07, 6.45) is 2.05. The van der Waals surface area contributed by atoms with Gasteiger partial charge in [0.15, 0.2) is 0 Å². The van der Waals surface area contributed by atoms with Crippen molar-refractivity contribution in [2.45, 2.75) is 19.8 Å². The van der Waals surface area contributed by atoms with Gasteiger partial charge in [0, 0.05) is 12.3 Å². The van der Waals surface area contributed by atoms with Crippen LogP contribution in [0.3, 0.4) is 0 Å². The number of hydrogen-bond acceptors (Lipinski definition) is 3. The lowest BCUT2D eigenvalue weighted by molar-refractivity contribution is 0.138. The Balaban J connectivity index is 2.05. The first-order valence-electron chi connectivity index (χ1n) is 5.83. The molecule has 0 atom stereocenters. The van der Waals surface area contributed by atoms with E-state index in [0.29, 0.717) is 0 Å². The number of para-hydroxylation sites is 1. The van der Waals surface area contributed by atoms with E-state index in [9.17, 15) is 0 Å². The van der Waals surface area contributed by atoms with Gasteiger partial charge in [-0.1, -0.05) is 25.1 Å². The minimum Gasteiger partial charge on any atom is -0.399 e. The van der Waals surface area contributed by atoms with Gasteiger partial charge >= 0.3 is 0 Å². The number of rotatable bonds is 8. The van der Waals surface area contributed by atoms with Crippen LogP contribution in [0.5, 0.6) is 0 Å². The van der Waals surface area contributed by atoms with E-state index in [1.54, 1.807) is 0 Å². The van der Waals surface area contributed by atoms with Crippen LogP contribution in [0.1, 0.15) is 18.9 Å². The zero-order chi connectivity index (χ0) is 11.6. The van der Waals surface area contributed by atoms with E-state index in [1.807, 2.05) is 30.0 Å². The number of ether oxygens (including phenoxy) is 1. The Morgan fingerprint density at radius 3 is 2.81 bits per heavy atom. The van der Waals surface area contributed by atoms with Crippen molar-refractivity contribution in [3.63, 3.8) is 0 Å². The highest BCUT2D eigenvalue weighted by molar-refractivity contribution is 7.99. The molecule has 0 aliphatic carbocycles. The molecule has 3 heteroatoms. The molecule has 0 aromatic heterocycles. The van der Waals surface area contributed by atoms with Crippen LogP contribution in [0.2, 0.25) is 0 Å². The SMILES string of the molecule is CCSCCCOCCc1ccccc1N. The summed E-state index contributed by atoms with van der Waals surface area (Å²) in [5.41, 5.74) is 7.90. The Morgan fingerprint density at radius 1 is 1.25 bits per heavy atom. The highest BCUT2D eigenvalue weighted by Crippen LogP contribution is 2.11. The molecule has 0 amide bonds. The van der Waals surface area contributed by atoms with E-state index in [2.05, 4.69) is 13.0 Å². The molecule has 0 aliphatic heterocycles. The maximum atomic E-state index is 5.84. The fourth-order valence-corrected chi connectivity index (χ4v) is 2.06. The van der Waals surface area contributed by atoms with Crippen molar-refractivity contribution >= 4 is 17.4 Å². The molecule has 0 saturated heterocycles. The summed E-state index contributed by atoms with van der Waals surface area (Å²) in [4.78, 5) is 0. The van der Waals surface area contributed by atoms with Gasteiger partial charge in [-0.2, -0.15) is 11.8 Å². The molecule has 0 fully saturated rings. The van der Waals surface area contributed by atoms with E-state index in [-0.39, 0.29) is 0 Å². The van der Waals surface area contributed by atoms with Crippen molar-refractivity contribution in [1.82, 2.24) is 0 Å². The fourth-order valence-electron chi connectivity index (χ4n) is 1.45. The normalized spacial score (nSPS) is 10.6. The van der Waals surface area contributed by atoms with E-state index in [0.717, 1.165) is 31.7 Å². The van der Waals surface area contributed by atoms with Crippen molar-refractivity contribution < 1.29 is 4.74 Å². The molecule has 0 saturated carbocycles. The lowest BCUT2D eigenvalue weighted by atomic mass is 10.1. The van der Waals surface area contributed by atoms with E-state index in [1.165, 1.54) is 17.1 Å². The van der Waals surface area contributed by atoms with Gasteiger partial charge in [-0.25, -0.2) is 0 Å². The molecular weight excluding hydrogens is 218 g/mol. The first kappa shape index (κ1) is 13.4. The van der Waals surface area contributed by atoms with Gasteiger partial charge in [0.2, 0.25) is 0 Å². The molecule has 0 radical (unpaired) electrons. The van der Waals surface area contributed by atoms with Crippen molar-refractivity contribution in [3.05, 3.63) is 29.8 Å². The summed E-state index contributed by atoms with van der Waals surface area (Å²) in [6, 6.07) is 7.98. The summed E-state index contributed by atoms with van der Waals surface area (Å²) in [5, 5.41) is 0. The summed E-state index contributed by atoms with van der Waals surface area (Å²) in [7, 11) is 0. The molecule has 1 aromatic rings. The second-order valence-corrected chi connectivity index (χ2v) is 5.01. The van der Waals surface area contributed by atoms with Gasteiger partial charge in [0.25, 0.3) is 0 Å². The van der Waals surface area contributed by atoms with Crippen LogP contribution in [0.4, 0.5) is 5.69 Å². The summed E-state index contributed by atoms with van der Waals surface area (Å²) >= 11 is 1.96. The molecule has 0 spiro atoms. The lowest BCUT2D eigenvalue weighted by Gasteiger charge is -2.06. The Kier molecular flexibility index (Phi) is 7.10. The minimum atomic E-state index is 0.769. The molecule has 90 valence electrons. The smallest absolute Gasteiger partial charge is 0.0507 e. The third kappa shape index (κ3) is 5.42. The predicted molar refractivity (Wildman–Crippen MR) is 73.0 cm³/mol. The maximum Gasteiger partial charge on any atom is 0.0507 e. The van der Waals surface area contributed by atoms with E-state index >= 15 is 0 Å². The van der Waals surface area contributed by atoms with Gasteiger partial charge < -0.3 is 10.5 Å². The van der Waals surface area contributed by atoms with Crippen LogP contribution >= 0.6 is 11.8 Å². The molecule has 2 N–H and O–H groups in total. The largest absolute Gasteiger partial charge is 0.399 e. The Labute approximate surface area is 103 Å². The molecule has 0 unspecified atom stereocenters. The highest BCUT2D eigenvalue weighted by atomic mass is 32.2. The standard InChI is InChI=1S/C13H21NOS/c1-2-16-11-5-9-15-10-8-12-6-3-4-7-13(12)14/h3-4,6-7H,2,5,8-11,14H2,1H3. The van der Waals surface area contributed by atoms with Crippen molar-refractivity contribution in [3.8, 4) is 0 Å². The second kappa shape index (κ2) is 8.48. The first-order valence-corrected chi connectivity index (χ1v) is 6.99. The van der Waals surface area contributed by atoms with Crippen molar-refractivity contribution in [1.29, 1.82) is 0 Å². The number of anilines is 1. The van der Waals surface area contributed by atoms with Crippen LogP contribution in [0.15, 0.2) is 24.3 Å². The van der Waals surface area contributed by atoms with Crippen LogP contribution < -0.4 is 5.73 Å². The fraction of sp³-hybridized carbons (Fsp3) is 0.538. The Hall–Kier alpha value is -0.670.